The van der Waals surface area contributed by atoms with Crippen molar-refractivity contribution < 1.29 is 17.6 Å². The molecule has 4 aromatic rings. The van der Waals surface area contributed by atoms with Gasteiger partial charge in [-0.15, -0.1) is 0 Å². The molecule has 0 aliphatic heterocycles. The highest BCUT2D eigenvalue weighted by Gasteiger charge is 2.33. The number of nitrogens with zero attached hydrogens (tertiary/aromatic N) is 3. The number of anilines is 1. The van der Waals surface area contributed by atoms with Crippen LogP contribution in [0, 0.1) is 0 Å². The van der Waals surface area contributed by atoms with E-state index in [-0.39, 0.29) is 0 Å². The first kappa shape index (κ1) is 16.2. The quantitative estimate of drug-likeness (QED) is 0.577. The van der Waals surface area contributed by atoms with Crippen molar-refractivity contribution in [1.29, 1.82) is 0 Å². The number of nitrogens with one attached hydrogen (secondary N) is 1. The predicted molar refractivity (Wildman–Crippen MR) is 89.9 cm³/mol. The zero-order chi connectivity index (χ0) is 18.1. The standard InChI is InChI=1S/C18H13F3N4O/c19-18(20,21)16-9-10-25(24-16)13-7-5-12(6-8-13)11-22-17-23-14-3-1-2-4-15(14)26-17/h1-10H,11H2,(H,22,23). The van der Waals surface area contributed by atoms with Gasteiger partial charge in [0.05, 0.1) is 5.69 Å². The molecule has 0 saturated heterocycles. The lowest BCUT2D eigenvalue weighted by atomic mass is 10.2. The van der Waals surface area contributed by atoms with Crippen molar-refractivity contribution in [2.75, 3.05) is 5.32 Å². The Morgan fingerprint density at radius 3 is 2.46 bits per heavy atom. The van der Waals surface area contributed by atoms with Crippen LogP contribution in [0.15, 0.2) is 65.2 Å². The molecule has 0 amide bonds. The molecule has 26 heavy (non-hydrogen) atoms. The van der Waals surface area contributed by atoms with Crippen LogP contribution in [0.3, 0.4) is 0 Å². The number of para-hydroxylation sites is 2. The van der Waals surface area contributed by atoms with E-state index in [1.165, 1.54) is 10.9 Å². The second kappa shape index (κ2) is 6.21. The molecule has 2 aromatic heterocycles. The lowest BCUT2D eigenvalue weighted by Gasteiger charge is -2.05. The number of alkyl halides is 3. The summed E-state index contributed by atoms with van der Waals surface area (Å²) in [4.78, 5) is 4.32. The van der Waals surface area contributed by atoms with Gasteiger partial charge in [0, 0.05) is 12.7 Å². The Hall–Kier alpha value is -3.29. The summed E-state index contributed by atoms with van der Waals surface area (Å²) >= 11 is 0. The van der Waals surface area contributed by atoms with Gasteiger partial charge in [-0.2, -0.15) is 23.3 Å². The maximum atomic E-state index is 12.6. The minimum atomic E-state index is -4.45. The summed E-state index contributed by atoms with van der Waals surface area (Å²) in [6.45, 7) is 0.472. The van der Waals surface area contributed by atoms with Gasteiger partial charge in [-0.25, -0.2) is 4.68 Å². The summed E-state index contributed by atoms with van der Waals surface area (Å²) in [5.41, 5.74) is 2.03. The normalized spacial score (nSPS) is 11.8. The average molecular weight is 358 g/mol. The Bertz CT molecular complexity index is 1000. The largest absolute Gasteiger partial charge is 0.435 e. The van der Waals surface area contributed by atoms with Gasteiger partial charge in [0.15, 0.2) is 11.3 Å². The van der Waals surface area contributed by atoms with Crippen LogP contribution in [0.25, 0.3) is 16.8 Å². The first-order chi connectivity index (χ1) is 12.5. The third kappa shape index (κ3) is 3.26. The van der Waals surface area contributed by atoms with Gasteiger partial charge < -0.3 is 9.73 Å². The molecule has 5 nitrogen and oxygen atoms in total. The van der Waals surface area contributed by atoms with Crippen LogP contribution in [0.1, 0.15) is 11.3 Å². The number of halogens is 3. The smallest absolute Gasteiger partial charge is 0.424 e. The summed E-state index contributed by atoms with van der Waals surface area (Å²) in [5.74, 6) is 0. The van der Waals surface area contributed by atoms with Gasteiger partial charge in [0.1, 0.15) is 5.52 Å². The van der Waals surface area contributed by atoms with E-state index in [4.69, 9.17) is 4.42 Å². The number of fused-ring (bicyclic) bond motifs is 1. The topological polar surface area (TPSA) is 55.9 Å². The van der Waals surface area contributed by atoms with E-state index >= 15 is 0 Å². The van der Waals surface area contributed by atoms with Gasteiger partial charge >= 0.3 is 6.18 Å². The lowest BCUT2D eigenvalue weighted by Crippen LogP contribution is -2.07. The van der Waals surface area contributed by atoms with Crippen LogP contribution in [-0.4, -0.2) is 14.8 Å². The number of oxazole rings is 1. The highest BCUT2D eigenvalue weighted by Crippen LogP contribution is 2.28. The number of rotatable bonds is 4. The van der Waals surface area contributed by atoms with Crippen molar-refractivity contribution in [3.8, 4) is 5.69 Å². The minimum absolute atomic E-state index is 0.414. The maximum Gasteiger partial charge on any atom is 0.435 e. The Morgan fingerprint density at radius 1 is 1.00 bits per heavy atom. The van der Waals surface area contributed by atoms with Crippen molar-refractivity contribution in [3.05, 3.63) is 72.1 Å². The molecule has 0 atom stereocenters. The molecular formula is C18H13F3N4O. The predicted octanol–water partition coefficient (Wildman–Crippen LogP) is 4.64. The van der Waals surface area contributed by atoms with Crippen molar-refractivity contribution in [2.24, 2.45) is 0 Å². The molecule has 0 bridgehead atoms. The lowest BCUT2D eigenvalue weighted by molar-refractivity contribution is -0.141. The molecule has 1 N–H and O–H groups in total. The zero-order valence-corrected chi connectivity index (χ0v) is 13.4. The van der Waals surface area contributed by atoms with Crippen LogP contribution in [-0.2, 0) is 12.7 Å². The summed E-state index contributed by atoms with van der Waals surface area (Å²) in [6, 6.07) is 15.8. The fourth-order valence-electron chi connectivity index (χ4n) is 2.51. The van der Waals surface area contributed by atoms with E-state index in [9.17, 15) is 13.2 Å². The van der Waals surface area contributed by atoms with Gasteiger partial charge in [0.25, 0.3) is 6.01 Å². The van der Waals surface area contributed by atoms with E-state index in [1.807, 2.05) is 24.3 Å². The van der Waals surface area contributed by atoms with E-state index < -0.39 is 11.9 Å². The molecule has 0 saturated carbocycles. The first-order valence-electron chi connectivity index (χ1n) is 7.81. The van der Waals surface area contributed by atoms with Crippen LogP contribution >= 0.6 is 0 Å². The summed E-state index contributed by atoms with van der Waals surface area (Å²) < 4.78 is 44.6. The Morgan fingerprint density at radius 2 is 1.77 bits per heavy atom. The maximum absolute atomic E-state index is 12.6. The Labute approximate surface area is 146 Å². The molecule has 0 aliphatic carbocycles. The van der Waals surface area contributed by atoms with Crippen LogP contribution < -0.4 is 5.32 Å². The highest BCUT2D eigenvalue weighted by atomic mass is 19.4. The summed E-state index contributed by atoms with van der Waals surface area (Å²) in [5, 5.41) is 6.63. The van der Waals surface area contributed by atoms with Gasteiger partial charge in [-0.1, -0.05) is 24.3 Å². The average Bonchev–Trinajstić information content (AvgIpc) is 3.27. The number of benzene rings is 2. The van der Waals surface area contributed by atoms with E-state index in [0.29, 0.717) is 23.8 Å². The van der Waals surface area contributed by atoms with Crippen molar-refractivity contribution >= 4 is 17.1 Å². The van der Waals surface area contributed by atoms with Gasteiger partial charge in [0.2, 0.25) is 0 Å². The molecular weight excluding hydrogens is 345 g/mol. The second-order valence-electron chi connectivity index (χ2n) is 5.65. The Kier molecular flexibility index (Phi) is 3.87. The first-order valence-corrected chi connectivity index (χ1v) is 7.81. The molecule has 8 heteroatoms. The monoisotopic (exact) mass is 358 g/mol. The molecule has 132 valence electrons. The van der Waals surface area contributed by atoms with E-state index in [1.54, 1.807) is 24.3 Å². The SMILES string of the molecule is FC(F)(F)c1ccn(-c2ccc(CNc3nc4ccccc4o3)cc2)n1. The third-order valence-corrected chi connectivity index (χ3v) is 3.82. The third-order valence-electron chi connectivity index (χ3n) is 3.82. The molecule has 2 aromatic carbocycles. The summed E-state index contributed by atoms with van der Waals surface area (Å²) in [7, 11) is 0. The number of hydrogen-bond acceptors (Lipinski definition) is 4. The zero-order valence-electron chi connectivity index (χ0n) is 13.4. The molecule has 4 rings (SSSR count). The van der Waals surface area contributed by atoms with Gasteiger partial charge in [-0.3, -0.25) is 0 Å². The van der Waals surface area contributed by atoms with Crippen LogP contribution in [0.4, 0.5) is 19.2 Å². The van der Waals surface area contributed by atoms with Crippen LogP contribution in [0.5, 0.6) is 0 Å². The summed E-state index contributed by atoms with van der Waals surface area (Å²) in [6.07, 6.45) is -3.16. The molecule has 0 aliphatic rings. The fourth-order valence-corrected chi connectivity index (χ4v) is 2.51. The number of hydrogen-bond donors (Lipinski definition) is 1. The van der Waals surface area contributed by atoms with Crippen molar-refractivity contribution in [2.45, 2.75) is 12.7 Å². The highest BCUT2D eigenvalue weighted by molar-refractivity contribution is 5.74. The molecule has 0 spiro atoms. The van der Waals surface area contributed by atoms with Crippen LogP contribution in [0.2, 0.25) is 0 Å². The second-order valence-corrected chi connectivity index (χ2v) is 5.65. The van der Waals surface area contributed by atoms with Gasteiger partial charge in [-0.05, 0) is 35.9 Å². The molecule has 0 unspecified atom stereocenters. The van der Waals surface area contributed by atoms with Crippen molar-refractivity contribution in [1.82, 2.24) is 14.8 Å². The van der Waals surface area contributed by atoms with E-state index in [2.05, 4.69) is 15.4 Å². The number of aromatic nitrogens is 3. The molecule has 0 radical (unpaired) electrons. The van der Waals surface area contributed by atoms with Crippen molar-refractivity contribution in [3.63, 3.8) is 0 Å². The molecule has 2 heterocycles. The van der Waals surface area contributed by atoms with E-state index in [0.717, 1.165) is 17.1 Å². The minimum Gasteiger partial charge on any atom is -0.424 e. The Balaban J connectivity index is 1.45. The fraction of sp³-hybridized carbons (Fsp3) is 0.111. The molecule has 0 fully saturated rings.